The summed E-state index contributed by atoms with van der Waals surface area (Å²) in [6.45, 7) is 1.69. The molecule has 104 valence electrons. The van der Waals surface area contributed by atoms with Crippen LogP contribution in [-0.2, 0) is 4.79 Å². The molecule has 2 heterocycles. The zero-order valence-corrected chi connectivity index (χ0v) is 10.2. The first kappa shape index (κ1) is 13.6. The first-order valence-electron chi connectivity index (χ1n) is 6.21. The third kappa shape index (κ3) is 3.84. The van der Waals surface area contributed by atoms with Crippen molar-refractivity contribution in [2.45, 2.75) is 19.0 Å². The summed E-state index contributed by atoms with van der Waals surface area (Å²) in [7, 11) is 0. The van der Waals surface area contributed by atoms with Gasteiger partial charge in [0.15, 0.2) is 0 Å². The van der Waals surface area contributed by atoms with Crippen molar-refractivity contribution in [2.24, 2.45) is 5.92 Å². The molecule has 1 N–H and O–H groups in total. The van der Waals surface area contributed by atoms with Crippen molar-refractivity contribution in [1.29, 1.82) is 0 Å². The standard InChI is InChI=1S/C11H18F3N3O/c12-11(13,14)7-17-8-16(6-10(17)18)5-9-2-1-3-15-4-9/h9,15H,1-8H2. The Morgan fingerprint density at radius 3 is 2.78 bits per heavy atom. The number of nitrogens with zero attached hydrogens (tertiary/aromatic N) is 2. The van der Waals surface area contributed by atoms with Crippen LogP contribution in [0.5, 0.6) is 0 Å². The summed E-state index contributed by atoms with van der Waals surface area (Å²) in [6.07, 6.45) is -2.13. The Hall–Kier alpha value is -0.820. The van der Waals surface area contributed by atoms with E-state index in [0.717, 1.165) is 30.8 Å². The summed E-state index contributed by atoms with van der Waals surface area (Å²) in [5.74, 6) is 0.0217. The second kappa shape index (κ2) is 5.44. The van der Waals surface area contributed by atoms with Crippen LogP contribution in [-0.4, -0.2) is 61.3 Å². The molecule has 1 atom stereocenters. The lowest BCUT2D eigenvalue weighted by Crippen LogP contribution is -2.39. The van der Waals surface area contributed by atoms with Gasteiger partial charge < -0.3 is 10.2 Å². The van der Waals surface area contributed by atoms with Crippen molar-refractivity contribution in [3.63, 3.8) is 0 Å². The lowest BCUT2D eigenvalue weighted by Gasteiger charge is -2.27. The van der Waals surface area contributed by atoms with Crippen molar-refractivity contribution in [2.75, 3.05) is 39.4 Å². The van der Waals surface area contributed by atoms with Gasteiger partial charge in [0.2, 0.25) is 5.91 Å². The Morgan fingerprint density at radius 1 is 1.39 bits per heavy atom. The van der Waals surface area contributed by atoms with Crippen molar-refractivity contribution in [3.05, 3.63) is 0 Å². The van der Waals surface area contributed by atoms with E-state index in [9.17, 15) is 18.0 Å². The number of halogens is 3. The second-order valence-electron chi connectivity index (χ2n) is 5.07. The average molecular weight is 265 g/mol. The molecular formula is C11H18F3N3O. The van der Waals surface area contributed by atoms with Crippen molar-refractivity contribution < 1.29 is 18.0 Å². The van der Waals surface area contributed by atoms with E-state index in [2.05, 4.69) is 5.32 Å². The molecule has 0 aromatic carbocycles. The van der Waals surface area contributed by atoms with Gasteiger partial charge in [-0.1, -0.05) is 0 Å². The summed E-state index contributed by atoms with van der Waals surface area (Å²) in [5.41, 5.74) is 0. The number of piperidine rings is 1. The molecule has 2 aliphatic heterocycles. The Morgan fingerprint density at radius 2 is 2.17 bits per heavy atom. The molecule has 0 aromatic heterocycles. The van der Waals surface area contributed by atoms with Crippen LogP contribution in [0.2, 0.25) is 0 Å². The molecule has 18 heavy (non-hydrogen) atoms. The Kier molecular flexibility index (Phi) is 4.11. The number of hydrogen-bond donors (Lipinski definition) is 1. The van der Waals surface area contributed by atoms with Crippen LogP contribution < -0.4 is 5.32 Å². The molecule has 2 fully saturated rings. The molecule has 1 unspecified atom stereocenters. The largest absolute Gasteiger partial charge is 0.406 e. The number of carbonyl (C=O) groups excluding carboxylic acids is 1. The van der Waals surface area contributed by atoms with Crippen molar-refractivity contribution in [3.8, 4) is 0 Å². The maximum atomic E-state index is 12.2. The van der Waals surface area contributed by atoms with Gasteiger partial charge in [-0.15, -0.1) is 0 Å². The molecule has 1 amide bonds. The number of hydrogen-bond acceptors (Lipinski definition) is 3. The normalized spacial score (nSPS) is 26.9. The van der Waals surface area contributed by atoms with Crippen molar-refractivity contribution in [1.82, 2.24) is 15.1 Å². The Bertz CT molecular complexity index is 302. The highest BCUT2D eigenvalue weighted by Gasteiger charge is 2.37. The predicted molar refractivity (Wildman–Crippen MR) is 59.8 cm³/mol. The van der Waals surface area contributed by atoms with E-state index in [1.165, 1.54) is 0 Å². The summed E-state index contributed by atoms with van der Waals surface area (Å²) < 4.78 is 36.7. The maximum absolute atomic E-state index is 12.2. The van der Waals surface area contributed by atoms with Crippen LogP contribution in [0.4, 0.5) is 13.2 Å². The van der Waals surface area contributed by atoms with E-state index in [1.807, 2.05) is 4.90 Å². The van der Waals surface area contributed by atoms with Crippen LogP contribution in [0.25, 0.3) is 0 Å². The minimum atomic E-state index is -4.31. The quantitative estimate of drug-likeness (QED) is 0.814. The fraction of sp³-hybridized carbons (Fsp3) is 0.909. The van der Waals surface area contributed by atoms with Crippen LogP contribution in [0.3, 0.4) is 0 Å². The third-order valence-electron chi connectivity index (χ3n) is 3.37. The van der Waals surface area contributed by atoms with Crippen LogP contribution in [0, 0.1) is 5.92 Å². The molecule has 7 heteroatoms. The molecule has 0 radical (unpaired) electrons. The minimum absolute atomic E-state index is 0.106. The molecule has 4 nitrogen and oxygen atoms in total. The number of alkyl halides is 3. The van der Waals surface area contributed by atoms with Gasteiger partial charge in [0.1, 0.15) is 6.54 Å². The Balaban J connectivity index is 1.80. The molecule has 0 spiro atoms. The smallest absolute Gasteiger partial charge is 0.319 e. The van der Waals surface area contributed by atoms with Crippen LogP contribution >= 0.6 is 0 Å². The summed E-state index contributed by atoms with van der Waals surface area (Å²) in [5, 5.41) is 3.26. The first-order valence-corrected chi connectivity index (χ1v) is 6.21. The maximum Gasteiger partial charge on any atom is 0.406 e. The minimum Gasteiger partial charge on any atom is -0.319 e. The first-order chi connectivity index (χ1) is 8.44. The molecule has 2 saturated heterocycles. The molecule has 0 aromatic rings. The predicted octanol–water partition coefficient (Wildman–Crippen LogP) is 0.650. The molecular weight excluding hydrogens is 247 g/mol. The van der Waals surface area contributed by atoms with Gasteiger partial charge in [-0.3, -0.25) is 9.69 Å². The molecule has 2 aliphatic rings. The lowest BCUT2D eigenvalue weighted by molar-refractivity contribution is -0.157. The van der Waals surface area contributed by atoms with E-state index in [4.69, 9.17) is 0 Å². The molecule has 2 rings (SSSR count). The second-order valence-corrected chi connectivity index (χ2v) is 5.07. The summed E-state index contributed by atoms with van der Waals surface area (Å²) >= 11 is 0. The number of carbonyl (C=O) groups is 1. The lowest BCUT2D eigenvalue weighted by atomic mass is 9.99. The summed E-state index contributed by atoms with van der Waals surface area (Å²) in [6, 6.07) is 0. The zero-order valence-electron chi connectivity index (χ0n) is 10.2. The fourth-order valence-electron chi connectivity index (χ4n) is 2.58. The van der Waals surface area contributed by atoms with Crippen LogP contribution in [0.15, 0.2) is 0 Å². The topological polar surface area (TPSA) is 35.6 Å². The number of nitrogens with one attached hydrogen (secondary N) is 1. The van der Waals surface area contributed by atoms with Gasteiger partial charge in [-0.25, -0.2) is 0 Å². The zero-order chi connectivity index (χ0) is 13.2. The number of amides is 1. The molecule has 0 bridgehead atoms. The van der Waals surface area contributed by atoms with E-state index in [1.54, 1.807) is 0 Å². The van der Waals surface area contributed by atoms with Crippen LogP contribution in [0.1, 0.15) is 12.8 Å². The summed E-state index contributed by atoms with van der Waals surface area (Å²) in [4.78, 5) is 14.2. The van der Waals surface area contributed by atoms with E-state index in [-0.39, 0.29) is 13.2 Å². The van der Waals surface area contributed by atoms with E-state index < -0.39 is 18.6 Å². The van der Waals surface area contributed by atoms with Gasteiger partial charge in [-0.2, -0.15) is 13.2 Å². The fourth-order valence-corrected chi connectivity index (χ4v) is 2.58. The third-order valence-corrected chi connectivity index (χ3v) is 3.37. The Labute approximate surface area is 104 Å². The highest BCUT2D eigenvalue weighted by molar-refractivity contribution is 5.80. The average Bonchev–Trinajstić information content (AvgIpc) is 2.58. The van der Waals surface area contributed by atoms with Gasteiger partial charge >= 0.3 is 6.18 Å². The van der Waals surface area contributed by atoms with Gasteiger partial charge in [0.05, 0.1) is 13.2 Å². The number of rotatable bonds is 3. The highest BCUT2D eigenvalue weighted by atomic mass is 19.4. The molecule has 0 aliphatic carbocycles. The van der Waals surface area contributed by atoms with Gasteiger partial charge in [0, 0.05) is 6.54 Å². The molecule has 0 saturated carbocycles. The van der Waals surface area contributed by atoms with Crippen molar-refractivity contribution >= 4 is 5.91 Å². The monoisotopic (exact) mass is 265 g/mol. The SMILES string of the molecule is O=C1CN(CC2CCCNC2)CN1CC(F)(F)F. The van der Waals surface area contributed by atoms with E-state index in [0.29, 0.717) is 12.5 Å². The van der Waals surface area contributed by atoms with Gasteiger partial charge in [-0.05, 0) is 31.8 Å². The highest BCUT2D eigenvalue weighted by Crippen LogP contribution is 2.20. The van der Waals surface area contributed by atoms with E-state index >= 15 is 0 Å². The van der Waals surface area contributed by atoms with Gasteiger partial charge in [0.25, 0.3) is 0 Å².